The second-order valence-corrected chi connectivity index (χ2v) is 5.88. The van der Waals surface area contributed by atoms with Gasteiger partial charge in [0.15, 0.2) is 0 Å². The van der Waals surface area contributed by atoms with Crippen LogP contribution in [0, 0.1) is 13.8 Å². The number of benzene rings is 1. The van der Waals surface area contributed by atoms with Crippen molar-refractivity contribution in [3.8, 4) is 0 Å². The van der Waals surface area contributed by atoms with Crippen molar-refractivity contribution in [2.24, 2.45) is 10.8 Å². The minimum Gasteiger partial charge on any atom is -0.368 e. The van der Waals surface area contributed by atoms with E-state index >= 15 is 0 Å². The van der Waals surface area contributed by atoms with Crippen LogP contribution >= 0.6 is 0 Å². The van der Waals surface area contributed by atoms with Crippen molar-refractivity contribution in [3.05, 3.63) is 29.3 Å². The molecule has 0 saturated carbocycles. The van der Waals surface area contributed by atoms with Crippen molar-refractivity contribution in [3.63, 3.8) is 0 Å². The maximum atomic E-state index is 5.61. The summed E-state index contributed by atoms with van der Waals surface area (Å²) in [6.07, 6.45) is 0. The molecule has 21 heavy (non-hydrogen) atoms. The molecule has 1 aromatic rings. The molecule has 0 amide bonds. The number of hydrazine groups is 1. The van der Waals surface area contributed by atoms with Gasteiger partial charge in [0.25, 0.3) is 0 Å². The van der Waals surface area contributed by atoms with Crippen LogP contribution in [0.3, 0.4) is 0 Å². The SMILES string of the molecule is Cc1cccc(N2CCN(C(=NC(C)C)NN)CC2)c1C. The van der Waals surface area contributed by atoms with Crippen molar-refractivity contribution in [2.75, 3.05) is 31.1 Å². The zero-order chi connectivity index (χ0) is 15.4. The Bertz CT molecular complexity index is 501. The number of aliphatic imine (C=N–C) groups is 1. The Labute approximate surface area is 127 Å². The molecule has 5 nitrogen and oxygen atoms in total. The fourth-order valence-electron chi connectivity index (χ4n) is 2.69. The molecule has 1 saturated heterocycles. The zero-order valence-electron chi connectivity index (χ0n) is 13.6. The summed E-state index contributed by atoms with van der Waals surface area (Å²) in [5, 5.41) is 0. The van der Waals surface area contributed by atoms with E-state index in [4.69, 9.17) is 5.84 Å². The van der Waals surface area contributed by atoms with Gasteiger partial charge in [-0.2, -0.15) is 0 Å². The van der Waals surface area contributed by atoms with Crippen molar-refractivity contribution < 1.29 is 0 Å². The highest BCUT2D eigenvalue weighted by atomic mass is 15.4. The zero-order valence-corrected chi connectivity index (χ0v) is 13.6. The monoisotopic (exact) mass is 289 g/mol. The van der Waals surface area contributed by atoms with Crippen LogP contribution in [0.2, 0.25) is 0 Å². The lowest BCUT2D eigenvalue weighted by atomic mass is 10.1. The first-order valence-electron chi connectivity index (χ1n) is 7.63. The lowest BCUT2D eigenvalue weighted by Gasteiger charge is -2.38. The molecule has 0 unspecified atom stereocenters. The Morgan fingerprint density at radius 3 is 2.43 bits per heavy atom. The molecule has 1 aliphatic rings. The number of piperazine rings is 1. The van der Waals surface area contributed by atoms with Crippen LogP contribution < -0.4 is 16.2 Å². The number of hydrogen-bond acceptors (Lipinski definition) is 3. The Morgan fingerprint density at radius 2 is 1.86 bits per heavy atom. The molecule has 2 rings (SSSR count). The molecule has 1 fully saturated rings. The number of anilines is 1. The molecule has 1 aliphatic heterocycles. The molecule has 0 aromatic heterocycles. The number of nitrogens with zero attached hydrogens (tertiary/aromatic N) is 3. The quantitative estimate of drug-likeness (QED) is 0.376. The van der Waals surface area contributed by atoms with Gasteiger partial charge in [-0.25, -0.2) is 10.8 Å². The van der Waals surface area contributed by atoms with Crippen molar-refractivity contribution in [2.45, 2.75) is 33.7 Å². The number of aryl methyl sites for hydroxylation is 1. The molecule has 116 valence electrons. The van der Waals surface area contributed by atoms with Crippen molar-refractivity contribution in [1.82, 2.24) is 10.3 Å². The van der Waals surface area contributed by atoms with Crippen LogP contribution in [-0.4, -0.2) is 43.1 Å². The number of nitrogens with one attached hydrogen (secondary N) is 1. The van der Waals surface area contributed by atoms with Gasteiger partial charge < -0.3 is 9.80 Å². The Hall–Kier alpha value is -1.75. The van der Waals surface area contributed by atoms with Gasteiger partial charge in [0, 0.05) is 37.9 Å². The van der Waals surface area contributed by atoms with Gasteiger partial charge in [0.2, 0.25) is 5.96 Å². The van der Waals surface area contributed by atoms with Crippen LogP contribution in [0.25, 0.3) is 0 Å². The van der Waals surface area contributed by atoms with E-state index in [1.54, 1.807) is 0 Å². The smallest absolute Gasteiger partial charge is 0.208 e. The van der Waals surface area contributed by atoms with Gasteiger partial charge in [-0.15, -0.1) is 0 Å². The van der Waals surface area contributed by atoms with E-state index in [0.717, 1.165) is 32.1 Å². The molecule has 3 N–H and O–H groups in total. The summed E-state index contributed by atoms with van der Waals surface area (Å²) in [7, 11) is 0. The Kier molecular flexibility index (Phi) is 5.07. The standard InChI is InChI=1S/C16H27N5/c1-12(2)18-16(19-17)21-10-8-20(9-11-21)15-7-5-6-13(3)14(15)4/h5-7,12H,8-11,17H2,1-4H3,(H,18,19). The van der Waals surface area contributed by atoms with Crippen LogP contribution in [0.5, 0.6) is 0 Å². The Balaban J connectivity index is 2.05. The average Bonchev–Trinajstić information content (AvgIpc) is 2.48. The van der Waals surface area contributed by atoms with Crippen LogP contribution in [0.1, 0.15) is 25.0 Å². The molecular weight excluding hydrogens is 262 g/mol. The van der Waals surface area contributed by atoms with E-state index in [1.807, 2.05) is 0 Å². The summed E-state index contributed by atoms with van der Waals surface area (Å²) >= 11 is 0. The van der Waals surface area contributed by atoms with Gasteiger partial charge in [-0.05, 0) is 44.9 Å². The van der Waals surface area contributed by atoms with E-state index in [-0.39, 0.29) is 6.04 Å². The molecular formula is C16H27N5. The second kappa shape index (κ2) is 6.80. The summed E-state index contributed by atoms with van der Waals surface area (Å²) < 4.78 is 0. The first kappa shape index (κ1) is 15.6. The summed E-state index contributed by atoms with van der Waals surface area (Å²) in [6, 6.07) is 6.76. The highest BCUT2D eigenvalue weighted by molar-refractivity contribution is 5.80. The first-order chi connectivity index (χ1) is 10.0. The molecule has 0 aliphatic carbocycles. The first-order valence-corrected chi connectivity index (χ1v) is 7.63. The fraction of sp³-hybridized carbons (Fsp3) is 0.562. The molecule has 0 spiro atoms. The maximum Gasteiger partial charge on any atom is 0.208 e. The summed E-state index contributed by atoms with van der Waals surface area (Å²) in [5.74, 6) is 6.40. The average molecular weight is 289 g/mol. The van der Waals surface area contributed by atoms with Gasteiger partial charge in [-0.1, -0.05) is 12.1 Å². The molecule has 1 heterocycles. The van der Waals surface area contributed by atoms with Gasteiger partial charge in [-0.3, -0.25) is 5.43 Å². The van der Waals surface area contributed by atoms with Gasteiger partial charge >= 0.3 is 0 Å². The highest BCUT2D eigenvalue weighted by Crippen LogP contribution is 2.23. The Morgan fingerprint density at radius 1 is 1.19 bits per heavy atom. The third-order valence-corrected chi connectivity index (χ3v) is 4.01. The molecule has 0 atom stereocenters. The summed E-state index contributed by atoms with van der Waals surface area (Å²) in [5.41, 5.74) is 6.80. The van der Waals surface area contributed by atoms with E-state index in [9.17, 15) is 0 Å². The summed E-state index contributed by atoms with van der Waals surface area (Å²) in [4.78, 5) is 9.21. The fourth-order valence-corrected chi connectivity index (χ4v) is 2.69. The normalized spacial score (nSPS) is 16.6. The highest BCUT2D eigenvalue weighted by Gasteiger charge is 2.21. The lowest BCUT2D eigenvalue weighted by molar-refractivity contribution is 0.371. The summed E-state index contributed by atoms with van der Waals surface area (Å²) in [6.45, 7) is 12.3. The van der Waals surface area contributed by atoms with Crippen molar-refractivity contribution in [1.29, 1.82) is 0 Å². The maximum absolute atomic E-state index is 5.61. The van der Waals surface area contributed by atoms with Crippen LogP contribution in [0.15, 0.2) is 23.2 Å². The predicted molar refractivity (Wildman–Crippen MR) is 89.6 cm³/mol. The third kappa shape index (κ3) is 3.67. The van der Waals surface area contributed by atoms with E-state index in [1.165, 1.54) is 16.8 Å². The largest absolute Gasteiger partial charge is 0.368 e. The lowest BCUT2D eigenvalue weighted by Crippen LogP contribution is -2.54. The topological polar surface area (TPSA) is 56.9 Å². The number of guanidine groups is 1. The van der Waals surface area contributed by atoms with E-state index in [2.05, 4.69) is 66.1 Å². The minimum absolute atomic E-state index is 0.244. The predicted octanol–water partition coefficient (Wildman–Crippen LogP) is 1.65. The van der Waals surface area contributed by atoms with Crippen LogP contribution in [0.4, 0.5) is 5.69 Å². The number of hydrogen-bond donors (Lipinski definition) is 2. The number of nitrogens with two attached hydrogens (primary N) is 1. The molecule has 0 bridgehead atoms. The third-order valence-electron chi connectivity index (χ3n) is 4.01. The molecule has 1 aromatic carbocycles. The molecule has 0 radical (unpaired) electrons. The number of rotatable bonds is 2. The van der Waals surface area contributed by atoms with E-state index in [0.29, 0.717) is 0 Å². The van der Waals surface area contributed by atoms with Gasteiger partial charge in [0.1, 0.15) is 0 Å². The molecule has 5 heteroatoms. The van der Waals surface area contributed by atoms with Crippen LogP contribution in [-0.2, 0) is 0 Å². The van der Waals surface area contributed by atoms with Crippen molar-refractivity contribution >= 4 is 11.6 Å². The van der Waals surface area contributed by atoms with E-state index < -0.39 is 0 Å². The van der Waals surface area contributed by atoms with Gasteiger partial charge in [0.05, 0.1) is 0 Å². The second-order valence-electron chi connectivity index (χ2n) is 5.88. The minimum atomic E-state index is 0.244.